The van der Waals surface area contributed by atoms with Gasteiger partial charge in [-0.2, -0.15) is 18.4 Å². The summed E-state index contributed by atoms with van der Waals surface area (Å²) < 4.78 is 38.1. The van der Waals surface area contributed by atoms with E-state index < -0.39 is 17.8 Å². The van der Waals surface area contributed by atoms with Gasteiger partial charge >= 0.3 is 6.18 Å². The van der Waals surface area contributed by atoms with Crippen molar-refractivity contribution in [3.8, 4) is 6.07 Å². The van der Waals surface area contributed by atoms with Gasteiger partial charge in [0.25, 0.3) is 0 Å². The van der Waals surface area contributed by atoms with Crippen LogP contribution >= 0.6 is 0 Å². The van der Waals surface area contributed by atoms with E-state index in [2.05, 4.69) is 5.32 Å². The molecule has 0 fully saturated rings. The lowest BCUT2D eigenvalue weighted by Crippen LogP contribution is -2.54. The van der Waals surface area contributed by atoms with E-state index in [0.717, 1.165) is 6.92 Å². The quantitative estimate of drug-likeness (QED) is 0.883. The first kappa shape index (κ1) is 13.5. The van der Waals surface area contributed by atoms with Crippen LogP contribution in [0, 0.1) is 11.3 Å². The van der Waals surface area contributed by atoms with Crippen molar-refractivity contribution in [3.05, 3.63) is 35.9 Å². The van der Waals surface area contributed by atoms with Crippen LogP contribution in [0.2, 0.25) is 0 Å². The Morgan fingerprint density at radius 2 is 1.76 bits per heavy atom. The van der Waals surface area contributed by atoms with Crippen LogP contribution in [0.25, 0.3) is 0 Å². The Labute approximate surface area is 98.1 Å². The lowest BCUT2D eigenvalue weighted by atomic mass is 10.00. The Balaban J connectivity index is 2.88. The van der Waals surface area contributed by atoms with Gasteiger partial charge in [0.15, 0.2) is 0 Å². The van der Waals surface area contributed by atoms with Crippen LogP contribution in [0.5, 0.6) is 0 Å². The van der Waals surface area contributed by atoms with E-state index in [4.69, 9.17) is 5.26 Å². The first-order valence-corrected chi connectivity index (χ1v) is 5.11. The second-order valence-electron chi connectivity index (χ2n) is 4.01. The highest BCUT2D eigenvalue weighted by Gasteiger charge is 2.52. The molecule has 0 aliphatic rings. The van der Waals surface area contributed by atoms with Crippen molar-refractivity contribution in [1.82, 2.24) is 5.32 Å². The van der Waals surface area contributed by atoms with Crippen molar-refractivity contribution < 1.29 is 13.2 Å². The summed E-state index contributed by atoms with van der Waals surface area (Å²) in [6.45, 7) is 2.43. The van der Waals surface area contributed by atoms with Gasteiger partial charge in [-0.3, -0.25) is 5.32 Å². The number of rotatable bonds is 3. The Morgan fingerprint density at radius 1 is 1.24 bits per heavy atom. The third-order valence-corrected chi connectivity index (χ3v) is 2.60. The average molecular weight is 242 g/mol. The van der Waals surface area contributed by atoms with Crippen LogP contribution in [-0.4, -0.2) is 11.7 Å². The van der Waals surface area contributed by atoms with Crippen LogP contribution in [0.15, 0.2) is 30.3 Å². The molecule has 0 spiro atoms. The Bertz CT molecular complexity index is 408. The molecule has 0 saturated heterocycles. The van der Waals surface area contributed by atoms with Crippen molar-refractivity contribution in [1.29, 1.82) is 5.26 Å². The molecule has 5 heteroatoms. The minimum atomic E-state index is -4.61. The summed E-state index contributed by atoms with van der Waals surface area (Å²) in [5.41, 5.74) is -1.83. The molecule has 1 aromatic carbocycles. The molecule has 1 rings (SSSR count). The van der Waals surface area contributed by atoms with Gasteiger partial charge in [-0.1, -0.05) is 30.3 Å². The second-order valence-corrected chi connectivity index (χ2v) is 4.01. The third kappa shape index (κ3) is 2.98. The molecule has 0 unspecified atom stereocenters. The fourth-order valence-corrected chi connectivity index (χ4v) is 1.44. The van der Waals surface area contributed by atoms with Crippen LogP contribution in [0.1, 0.15) is 25.5 Å². The van der Waals surface area contributed by atoms with Crippen molar-refractivity contribution in [2.24, 2.45) is 0 Å². The maximum atomic E-state index is 12.7. The van der Waals surface area contributed by atoms with E-state index in [-0.39, 0.29) is 0 Å². The summed E-state index contributed by atoms with van der Waals surface area (Å²) in [7, 11) is 0. The average Bonchev–Trinajstić information content (AvgIpc) is 2.28. The number of benzene rings is 1. The van der Waals surface area contributed by atoms with E-state index in [0.29, 0.717) is 5.56 Å². The first-order valence-electron chi connectivity index (χ1n) is 5.11. The van der Waals surface area contributed by atoms with E-state index >= 15 is 0 Å². The number of halogens is 3. The SMILES string of the molecule is C[C@H](N[C@](C)(C#N)C(F)(F)F)c1ccccc1. The summed E-state index contributed by atoms with van der Waals surface area (Å²) >= 11 is 0. The van der Waals surface area contributed by atoms with Gasteiger partial charge in [-0.05, 0) is 19.4 Å². The van der Waals surface area contributed by atoms with Crippen molar-refractivity contribution >= 4 is 0 Å². The molecule has 1 aromatic rings. The normalized spacial score (nSPS) is 16.9. The van der Waals surface area contributed by atoms with Gasteiger partial charge in [0.05, 0.1) is 6.07 Å². The lowest BCUT2D eigenvalue weighted by Gasteiger charge is -2.29. The van der Waals surface area contributed by atoms with Crippen LogP contribution in [-0.2, 0) is 0 Å². The summed E-state index contributed by atoms with van der Waals surface area (Å²) in [5.74, 6) is 0. The molecule has 0 heterocycles. The van der Waals surface area contributed by atoms with Crippen LogP contribution in [0.4, 0.5) is 13.2 Å². The van der Waals surface area contributed by atoms with E-state index in [9.17, 15) is 13.2 Å². The molecule has 0 aromatic heterocycles. The second kappa shape index (κ2) is 4.76. The van der Waals surface area contributed by atoms with Crippen LogP contribution < -0.4 is 5.32 Å². The predicted molar refractivity (Wildman–Crippen MR) is 58.1 cm³/mol. The fourth-order valence-electron chi connectivity index (χ4n) is 1.44. The fraction of sp³-hybridized carbons (Fsp3) is 0.417. The number of nitrogens with zero attached hydrogens (tertiary/aromatic N) is 1. The highest BCUT2D eigenvalue weighted by molar-refractivity contribution is 5.20. The standard InChI is InChI=1S/C12H13F3N2/c1-9(10-6-4-3-5-7-10)17-11(2,8-16)12(13,14)15/h3-7,9,17H,1-2H3/t9-,11+/m0/s1. The Morgan fingerprint density at radius 3 is 2.18 bits per heavy atom. The van der Waals surface area contributed by atoms with Crippen molar-refractivity contribution in [2.45, 2.75) is 31.6 Å². The van der Waals surface area contributed by atoms with Crippen LogP contribution in [0.3, 0.4) is 0 Å². The Hall–Kier alpha value is -1.54. The highest BCUT2D eigenvalue weighted by atomic mass is 19.4. The van der Waals surface area contributed by atoms with Gasteiger partial charge < -0.3 is 0 Å². The molecule has 0 aliphatic carbocycles. The number of hydrogen-bond donors (Lipinski definition) is 1. The van der Waals surface area contributed by atoms with Crippen molar-refractivity contribution in [2.75, 3.05) is 0 Å². The maximum Gasteiger partial charge on any atom is 0.419 e. The molecule has 92 valence electrons. The van der Waals surface area contributed by atoms with Gasteiger partial charge in [0.1, 0.15) is 0 Å². The molecule has 2 atom stereocenters. The monoisotopic (exact) mass is 242 g/mol. The number of hydrogen-bond acceptors (Lipinski definition) is 2. The summed E-state index contributed by atoms with van der Waals surface area (Å²) in [6.07, 6.45) is -4.61. The summed E-state index contributed by atoms with van der Waals surface area (Å²) in [5, 5.41) is 11.0. The number of alkyl halides is 3. The minimum absolute atomic E-state index is 0.553. The first-order chi connectivity index (χ1) is 7.80. The molecular weight excluding hydrogens is 229 g/mol. The molecule has 0 amide bonds. The minimum Gasteiger partial charge on any atom is -0.285 e. The molecule has 0 saturated carbocycles. The predicted octanol–water partition coefficient (Wildman–Crippen LogP) is 3.18. The molecule has 17 heavy (non-hydrogen) atoms. The third-order valence-electron chi connectivity index (χ3n) is 2.60. The smallest absolute Gasteiger partial charge is 0.285 e. The topological polar surface area (TPSA) is 35.8 Å². The van der Waals surface area contributed by atoms with Gasteiger partial charge in [0, 0.05) is 6.04 Å². The maximum absolute atomic E-state index is 12.7. The zero-order valence-electron chi connectivity index (χ0n) is 9.55. The highest BCUT2D eigenvalue weighted by Crippen LogP contribution is 2.31. The molecule has 0 bridgehead atoms. The van der Waals surface area contributed by atoms with Crippen molar-refractivity contribution in [3.63, 3.8) is 0 Å². The van der Waals surface area contributed by atoms with Gasteiger partial charge in [-0.25, -0.2) is 0 Å². The number of nitrogens with one attached hydrogen (secondary N) is 1. The lowest BCUT2D eigenvalue weighted by molar-refractivity contribution is -0.176. The van der Waals surface area contributed by atoms with Gasteiger partial charge in [-0.15, -0.1) is 0 Å². The summed E-state index contributed by atoms with van der Waals surface area (Å²) in [6, 6.07) is 9.42. The Kier molecular flexibility index (Phi) is 3.79. The molecule has 1 N–H and O–H groups in total. The largest absolute Gasteiger partial charge is 0.419 e. The summed E-state index contributed by atoms with van der Waals surface area (Å²) in [4.78, 5) is 0. The van der Waals surface area contributed by atoms with E-state index in [1.807, 2.05) is 0 Å². The molecule has 2 nitrogen and oxygen atoms in total. The van der Waals surface area contributed by atoms with Gasteiger partial charge in [0.2, 0.25) is 5.54 Å². The molecule has 0 radical (unpaired) electrons. The molecular formula is C12H13F3N2. The number of nitriles is 1. The zero-order chi connectivity index (χ0) is 13.1. The van der Waals surface area contributed by atoms with E-state index in [1.165, 1.54) is 6.07 Å². The zero-order valence-corrected chi connectivity index (χ0v) is 9.55. The molecule has 0 aliphatic heterocycles. The van der Waals surface area contributed by atoms with E-state index in [1.54, 1.807) is 37.3 Å².